The van der Waals surface area contributed by atoms with Crippen LogP contribution >= 0.6 is 0 Å². The highest BCUT2D eigenvalue weighted by molar-refractivity contribution is 6.01. The minimum atomic E-state index is -0.186. The van der Waals surface area contributed by atoms with Crippen molar-refractivity contribution >= 4 is 22.8 Å². The summed E-state index contributed by atoms with van der Waals surface area (Å²) < 4.78 is 7.79. The summed E-state index contributed by atoms with van der Waals surface area (Å²) in [6, 6.07) is 20.2. The zero-order valence-corrected chi connectivity index (χ0v) is 16.6. The van der Waals surface area contributed by atoms with Gasteiger partial charge in [0.25, 0.3) is 0 Å². The minimum Gasteiger partial charge on any atom is -0.469 e. The molecule has 5 nitrogen and oxygen atoms in total. The molecule has 5 heteroatoms. The summed E-state index contributed by atoms with van der Waals surface area (Å²) in [7, 11) is 0. The Hall–Kier alpha value is -3.60. The number of aromatic nitrogens is 2. The first-order valence-corrected chi connectivity index (χ1v) is 10.3. The number of allylic oxidation sites excluding steroid dienone is 2. The van der Waals surface area contributed by atoms with E-state index in [9.17, 15) is 4.79 Å². The molecule has 30 heavy (non-hydrogen) atoms. The van der Waals surface area contributed by atoms with Crippen LogP contribution in [0.25, 0.3) is 11.0 Å². The van der Waals surface area contributed by atoms with Crippen molar-refractivity contribution in [2.45, 2.75) is 31.7 Å². The largest absolute Gasteiger partial charge is 0.469 e. The van der Waals surface area contributed by atoms with Crippen molar-refractivity contribution in [1.82, 2.24) is 9.55 Å². The van der Waals surface area contributed by atoms with Crippen molar-refractivity contribution in [3.05, 3.63) is 95.1 Å². The normalized spacial score (nSPS) is 20.8. The fourth-order valence-electron chi connectivity index (χ4n) is 4.81. The smallest absolute Gasteiger partial charge is 0.209 e. The molecule has 0 saturated carbocycles. The van der Waals surface area contributed by atoms with E-state index in [2.05, 4.69) is 47.1 Å². The average molecular weight is 395 g/mol. The van der Waals surface area contributed by atoms with Gasteiger partial charge in [0.05, 0.1) is 23.3 Å². The first-order chi connectivity index (χ1) is 14.7. The molecule has 2 aromatic carbocycles. The molecule has 0 amide bonds. The van der Waals surface area contributed by atoms with Crippen LogP contribution in [0.5, 0.6) is 0 Å². The standard InChI is InChI=1S/C25H21N3O2/c1-15-8-10-16(11-9-15)24-23-19(13-17(14-21(23)29)22-7-4-12-30-22)27-25-26-18-5-2-3-6-20(18)28(24)25/h2-12,17,24H,13-14H2,1H3,(H,26,27)/t17-,24-/m0/s1. The van der Waals surface area contributed by atoms with Crippen LogP contribution in [0, 0.1) is 6.92 Å². The third-order valence-corrected chi connectivity index (χ3v) is 6.24. The topological polar surface area (TPSA) is 60.1 Å². The van der Waals surface area contributed by atoms with Gasteiger partial charge in [0, 0.05) is 23.6 Å². The highest BCUT2D eigenvalue weighted by atomic mass is 16.3. The summed E-state index contributed by atoms with van der Waals surface area (Å²) in [5.74, 6) is 1.86. The van der Waals surface area contributed by atoms with Crippen molar-refractivity contribution in [2.75, 3.05) is 5.32 Å². The third kappa shape index (κ3) is 2.55. The number of fused-ring (bicyclic) bond motifs is 3. The van der Waals surface area contributed by atoms with Gasteiger partial charge in [-0.3, -0.25) is 9.36 Å². The molecule has 0 saturated heterocycles. The van der Waals surface area contributed by atoms with Crippen molar-refractivity contribution in [3.63, 3.8) is 0 Å². The number of hydrogen-bond acceptors (Lipinski definition) is 4. The molecule has 0 unspecified atom stereocenters. The molecule has 6 rings (SSSR count). The van der Waals surface area contributed by atoms with Crippen LogP contribution in [0.4, 0.5) is 5.95 Å². The molecule has 2 aliphatic rings. The number of para-hydroxylation sites is 2. The van der Waals surface area contributed by atoms with E-state index in [4.69, 9.17) is 9.40 Å². The summed E-state index contributed by atoms with van der Waals surface area (Å²) >= 11 is 0. The van der Waals surface area contributed by atoms with E-state index in [-0.39, 0.29) is 17.7 Å². The quantitative estimate of drug-likeness (QED) is 0.497. The van der Waals surface area contributed by atoms with Gasteiger partial charge in [0.1, 0.15) is 5.76 Å². The van der Waals surface area contributed by atoms with Gasteiger partial charge in [-0.1, -0.05) is 42.0 Å². The van der Waals surface area contributed by atoms with Gasteiger partial charge in [-0.25, -0.2) is 4.98 Å². The lowest BCUT2D eigenvalue weighted by atomic mass is 9.79. The van der Waals surface area contributed by atoms with E-state index in [1.807, 2.05) is 30.3 Å². The van der Waals surface area contributed by atoms with Crippen molar-refractivity contribution in [3.8, 4) is 0 Å². The molecule has 148 valence electrons. The number of nitrogens with zero attached hydrogens (tertiary/aromatic N) is 2. The number of imidazole rings is 1. The molecule has 4 aromatic rings. The lowest BCUT2D eigenvalue weighted by molar-refractivity contribution is -0.116. The number of nitrogens with one attached hydrogen (secondary N) is 1. The Bertz CT molecular complexity index is 1300. The second-order valence-electron chi connectivity index (χ2n) is 8.17. The zero-order valence-electron chi connectivity index (χ0n) is 16.6. The van der Waals surface area contributed by atoms with Gasteiger partial charge >= 0.3 is 0 Å². The summed E-state index contributed by atoms with van der Waals surface area (Å²) in [5, 5.41) is 3.49. The van der Waals surface area contributed by atoms with E-state index in [1.54, 1.807) is 6.26 Å². The molecule has 1 N–H and O–H groups in total. The number of rotatable bonds is 2. The van der Waals surface area contributed by atoms with Crippen LogP contribution in [0.1, 0.15) is 41.7 Å². The predicted molar refractivity (Wildman–Crippen MR) is 115 cm³/mol. The molecule has 0 radical (unpaired) electrons. The lowest BCUT2D eigenvalue weighted by Gasteiger charge is -2.36. The van der Waals surface area contributed by atoms with Crippen LogP contribution in [0.15, 0.2) is 82.6 Å². The average Bonchev–Trinajstić information content (AvgIpc) is 3.41. The Balaban J connectivity index is 1.55. The maximum Gasteiger partial charge on any atom is 0.209 e. The Morgan fingerprint density at radius 3 is 2.67 bits per heavy atom. The molecule has 2 atom stereocenters. The fourth-order valence-corrected chi connectivity index (χ4v) is 4.81. The van der Waals surface area contributed by atoms with E-state index in [1.165, 1.54) is 5.56 Å². The predicted octanol–water partition coefficient (Wildman–Crippen LogP) is 5.35. The second kappa shape index (κ2) is 6.46. The maximum absolute atomic E-state index is 13.5. The molecule has 1 aliphatic heterocycles. The number of ketones is 1. The molecule has 3 heterocycles. The molecule has 1 aliphatic carbocycles. The van der Waals surface area contributed by atoms with Crippen LogP contribution in [-0.4, -0.2) is 15.3 Å². The Labute approximate surface area is 174 Å². The Kier molecular flexibility index (Phi) is 3.72. The Morgan fingerprint density at radius 1 is 1.03 bits per heavy atom. The number of benzene rings is 2. The van der Waals surface area contributed by atoms with E-state index < -0.39 is 0 Å². The van der Waals surface area contributed by atoms with Crippen LogP contribution in [0.3, 0.4) is 0 Å². The Morgan fingerprint density at radius 2 is 1.87 bits per heavy atom. The summed E-state index contributed by atoms with van der Waals surface area (Å²) in [6.45, 7) is 2.08. The molecule has 0 bridgehead atoms. The highest BCUT2D eigenvalue weighted by Gasteiger charge is 2.40. The fraction of sp³-hybridized carbons (Fsp3) is 0.200. The first kappa shape index (κ1) is 17.3. The van der Waals surface area contributed by atoms with Gasteiger partial charge < -0.3 is 9.73 Å². The number of aryl methyl sites for hydroxylation is 1. The van der Waals surface area contributed by atoms with Gasteiger partial charge in [-0.2, -0.15) is 0 Å². The van der Waals surface area contributed by atoms with Gasteiger partial charge in [-0.05, 0) is 43.2 Å². The van der Waals surface area contributed by atoms with E-state index in [0.29, 0.717) is 6.42 Å². The SMILES string of the molecule is Cc1ccc([C@H]2C3=C(C[C@H](c4ccco4)CC3=O)Nc3nc4ccccc4n32)cc1. The minimum absolute atomic E-state index is 0.0494. The van der Waals surface area contributed by atoms with Gasteiger partial charge in [-0.15, -0.1) is 0 Å². The molecule has 2 aromatic heterocycles. The summed E-state index contributed by atoms with van der Waals surface area (Å²) in [6.07, 6.45) is 2.87. The third-order valence-electron chi connectivity index (χ3n) is 6.24. The summed E-state index contributed by atoms with van der Waals surface area (Å²) in [4.78, 5) is 18.3. The molecule has 0 spiro atoms. The van der Waals surface area contributed by atoms with Gasteiger partial charge in [0.2, 0.25) is 5.95 Å². The number of Topliss-reactive ketones (excluding diaryl/α,β-unsaturated/α-hetero) is 1. The number of furan rings is 1. The van der Waals surface area contributed by atoms with Crippen LogP contribution in [0.2, 0.25) is 0 Å². The van der Waals surface area contributed by atoms with Crippen molar-refractivity contribution in [1.29, 1.82) is 0 Å². The number of anilines is 1. The molecule has 0 fully saturated rings. The highest BCUT2D eigenvalue weighted by Crippen LogP contribution is 2.45. The number of hydrogen-bond donors (Lipinski definition) is 1. The number of carbonyl (C=O) groups is 1. The maximum atomic E-state index is 13.5. The molecular formula is C25H21N3O2. The van der Waals surface area contributed by atoms with E-state index in [0.717, 1.165) is 46.0 Å². The number of carbonyl (C=O) groups excluding carboxylic acids is 1. The lowest BCUT2D eigenvalue weighted by Crippen LogP contribution is -2.33. The van der Waals surface area contributed by atoms with Crippen molar-refractivity contribution < 1.29 is 9.21 Å². The summed E-state index contributed by atoms with van der Waals surface area (Å²) in [5.41, 5.74) is 6.05. The van der Waals surface area contributed by atoms with Crippen molar-refractivity contribution in [2.24, 2.45) is 0 Å². The first-order valence-electron chi connectivity index (χ1n) is 10.3. The molecular weight excluding hydrogens is 374 g/mol. The van der Waals surface area contributed by atoms with E-state index >= 15 is 0 Å². The van der Waals surface area contributed by atoms with Gasteiger partial charge in [0.15, 0.2) is 5.78 Å². The second-order valence-corrected chi connectivity index (χ2v) is 8.17. The monoisotopic (exact) mass is 395 g/mol. The zero-order chi connectivity index (χ0) is 20.2. The van der Waals surface area contributed by atoms with Crippen LogP contribution < -0.4 is 5.32 Å². The van der Waals surface area contributed by atoms with Crippen LogP contribution in [-0.2, 0) is 4.79 Å².